The van der Waals surface area contributed by atoms with Crippen molar-refractivity contribution >= 4 is 39.4 Å². The monoisotopic (exact) mass is 573 g/mol. The SMILES string of the molecule is CCN(C)[C@]1(c2ccccc2)CC[C@]2(CC1)CN(c1cnc(C(P)(P)P)nc1)C(=O)N2CC1(OC)CCC1. The van der Waals surface area contributed by atoms with Gasteiger partial charge in [-0.2, -0.15) is 0 Å². The zero-order chi connectivity index (χ0) is 27.2. The van der Waals surface area contributed by atoms with Gasteiger partial charge in [0.25, 0.3) is 0 Å². The molecule has 206 valence electrons. The number of benzene rings is 1. The second kappa shape index (κ2) is 10.6. The summed E-state index contributed by atoms with van der Waals surface area (Å²) in [6.45, 7) is 4.52. The number of aromatic nitrogens is 2. The van der Waals surface area contributed by atoms with Gasteiger partial charge in [0, 0.05) is 12.6 Å². The molecule has 3 atom stereocenters. The van der Waals surface area contributed by atoms with E-state index < -0.39 is 0 Å². The lowest BCUT2D eigenvalue weighted by atomic mass is 9.67. The van der Waals surface area contributed by atoms with Gasteiger partial charge in [-0.3, -0.25) is 9.80 Å². The lowest BCUT2D eigenvalue weighted by Crippen LogP contribution is -2.60. The van der Waals surface area contributed by atoms with Crippen molar-refractivity contribution < 1.29 is 9.53 Å². The van der Waals surface area contributed by atoms with Crippen LogP contribution in [0.4, 0.5) is 10.5 Å². The van der Waals surface area contributed by atoms with Gasteiger partial charge in [-0.25, -0.2) is 14.8 Å². The Morgan fingerprint density at radius 2 is 1.66 bits per heavy atom. The number of ether oxygens (including phenoxy) is 1. The molecule has 2 saturated carbocycles. The number of rotatable bonds is 8. The molecule has 0 radical (unpaired) electrons. The maximum absolute atomic E-state index is 14.1. The van der Waals surface area contributed by atoms with Crippen molar-refractivity contribution in [3.05, 3.63) is 54.1 Å². The summed E-state index contributed by atoms with van der Waals surface area (Å²) in [5.41, 5.74) is 1.64. The number of hydrogen-bond acceptors (Lipinski definition) is 5. The maximum atomic E-state index is 14.1. The van der Waals surface area contributed by atoms with E-state index >= 15 is 0 Å². The number of carbonyl (C=O) groups excluding carboxylic acids is 1. The van der Waals surface area contributed by atoms with Crippen LogP contribution in [0.15, 0.2) is 42.7 Å². The molecular weight excluding hydrogens is 531 g/mol. The third-order valence-corrected chi connectivity index (χ3v) is 10.3. The fourth-order valence-corrected chi connectivity index (χ4v) is 7.15. The Bertz CT molecular complexity index is 1120. The Kier molecular flexibility index (Phi) is 7.93. The molecule has 2 aliphatic carbocycles. The minimum atomic E-state index is -0.384. The standard InChI is InChI=1S/C28H42N5O2P3/c1-4-31(2)27(21-9-6-5-7-10-21)15-13-25(14-16-27)19-32(22-17-29-23(30-18-22)28(36,37)38)24(34)33(25)20-26(35-3)11-8-12-26/h5-7,9-10,17-18H,4,8,11-16,19-20,36-38H2,1-3H3/t25-,27+. The van der Waals surface area contributed by atoms with Gasteiger partial charge < -0.3 is 9.64 Å². The summed E-state index contributed by atoms with van der Waals surface area (Å²) in [7, 11) is 12.2. The predicted octanol–water partition coefficient (Wildman–Crippen LogP) is 5.18. The van der Waals surface area contributed by atoms with Crippen molar-refractivity contribution in [2.75, 3.05) is 38.7 Å². The number of nitrogens with zero attached hydrogens (tertiary/aromatic N) is 5. The van der Waals surface area contributed by atoms with E-state index in [0.29, 0.717) is 18.9 Å². The predicted molar refractivity (Wildman–Crippen MR) is 164 cm³/mol. The number of carbonyl (C=O) groups is 1. The molecule has 0 bridgehead atoms. The maximum Gasteiger partial charge on any atom is 0.325 e. The molecular formula is C28H42N5O2P3. The van der Waals surface area contributed by atoms with Crippen molar-refractivity contribution in [1.29, 1.82) is 0 Å². The molecule has 0 N–H and O–H groups in total. The van der Waals surface area contributed by atoms with Gasteiger partial charge in [-0.05, 0) is 64.1 Å². The molecule has 1 aromatic heterocycles. The van der Waals surface area contributed by atoms with Gasteiger partial charge in [0.15, 0.2) is 0 Å². The molecule has 7 nitrogen and oxygen atoms in total. The van der Waals surface area contributed by atoms with E-state index in [9.17, 15) is 4.79 Å². The van der Waals surface area contributed by atoms with Crippen LogP contribution in [0, 0.1) is 0 Å². The number of urea groups is 1. The second-order valence-electron chi connectivity index (χ2n) is 11.5. The van der Waals surface area contributed by atoms with E-state index in [-0.39, 0.29) is 27.3 Å². The second-order valence-corrected chi connectivity index (χ2v) is 16.4. The molecule has 3 unspecified atom stereocenters. The molecule has 1 aromatic carbocycles. The highest BCUT2D eigenvalue weighted by Gasteiger charge is 2.57. The molecule has 3 fully saturated rings. The van der Waals surface area contributed by atoms with E-state index in [0.717, 1.165) is 57.2 Å². The molecule has 1 spiro atoms. The van der Waals surface area contributed by atoms with Gasteiger partial charge in [-0.15, -0.1) is 27.7 Å². The molecule has 1 aliphatic heterocycles. The first-order chi connectivity index (χ1) is 18.1. The van der Waals surface area contributed by atoms with E-state index in [1.165, 1.54) is 5.56 Å². The van der Waals surface area contributed by atoms with Gasteiger partial charge >= 0.3 is 6.03 Å². The van der Waals surface area contributed by atoms with E-state index in [1.54, 1.807) is 19.5 Å². The summed E-state index contributed by atoms with van der Waals surface area (Å²) in [5.74, 6) is 0.681. The number of amides is 2. The lowest BCUT2D eigenvalue weighted by Gasteiger charge is -2.53. The van der Waals surface area contributed by atoms with Gasteiger partial charge in [0.2, 0.25) is 0 Å². The summed E-state index contributed by atoms with van der Waals surface area (Å²) in [4.78, 5) is 29.9. The number of anilines is 1. The highest BCUT2D eigenvalue weighted by Crippen LogP contribution is 2.51. The number of methoxy groups -OCH3 is 1. The topological polar surface area (TPSA) is 61.8 Å². The zero-order valence-electron chi connectivity index (χ0n) is 22.9. The first kappa shape index (κ1) is 28.3. The third kappa shape index (κ3) is 4.92. The molecule has 10 heteroatoms. The van der Waals surface area contributed by atoms with Crippen molar-refractivity contribution in [2.45, 2.75) is 73.2 Å². The van der Waals surface area contributed by atoms with Crippen LogP contribution < -0.4 is 4.90 Å². The van der Waals surface area contributed by atoms with Crippen LogP contribution in [0.25, 0.3) is 0 Å². The average Bonchev–Trinajstić information content (AvgIpc) is 3.17. The van der Waals surface area contributed by atoms with Gasteiger partial charge in [0.05, 0.1) is 46.9 Å². The van der Waals surface area contributed by atoms with Crippen LogP contribution in [0.3, 0.4) is 0 Å². The van der Waals surface area contributed by atoms with Crippen LogP contribution in [0.5, 0.6) is 0 Å². The Balaban J connectivity index is 1.47. The molecule has 1 saturated heterocycles. The van der Waals surface area contributed by atoms with Crippen LogP contribution >= 0.6 is 27.7 Å². The molecule has 38 heavy (non-hydrogen) atoms. The first-order valence-corrected chi connectivity index (χ1v) is 15.4. The van der Waals surface area contributed by atoms with Crippen molar-refractivity contribution in [1.82, 2.24) is 19.8 Å². The summed E-state index contributed by atoms with van der Waals surface area (Å²) in [5, 5.41) is 0. The summed E-state index contributed by atoms with van der Waals surface area (Å²) in [6, 6.07) is 11.0. The summed E-state index contributed by atoms with van der Waals surface area (Å²) >= 11 is 0. The fourth-order valence-electron chi connectivity index (χ4n) is 6.70. The Labute approximate surface area is 234 Å². The van der Waals surface area contributed by atoms with Gasteiger partial charge in [-0.1, -0.05) is 37.3 Å². The molecule has 3 aliphatic rings. The smallest absolute Gasteiger partial charge is 0.325 e. The van der Waals surface area contributed by atoms with Gasteiger partial charge in [0.1, 0.15) is 5.82 Å². The highest BCUT2D eigenvalue weighted by molar-refractivity contribution is 7.56. The summed E-state index contributed by atoms with van der Waals surface area (Å²) in [6.07, 6.45) is 10.6. The Morgan fingerprint density at radius 3 is 2.16 bits per heavy atom. The summed E-state index contributed by atoms with van der Waals surface area (Å²) < 4.78 is 5.64. The van der Waals surface area contributed by atoms with Crippen molar-refractivity contribution in [3.8, 4) is 0 Å². The lowest BCUT2D eigenvalue weighted by molar-refractivity contribution is -0.100. The van der Waals surface area contributed by atoms with Crippen LogP contribution in [-0.2, 0) is 14.9 Å². The third-order valence-electron chi connectivity index (χ3n) is 9.49. The molecule has 2 heterocycles. The van der Waals surface area contributed by atoms with E-state index in [1.807, 2.05) is 4.90 Å². The minimum absolute atomic E-state index is 0.0245. The quantitative estimate of drug-likeness (QED) is 0.408. The Hall–Kier alpha value is -1.22. The van der Waals surface area contributed by atoms with Crippen molar-refractivity contribution in [2.24, 2.45) is 0 Å². The highest BCUT2D eigenvalue weighted by atomic mass is 31.1. The van der Waals surface area contributed by atoms with Crippen LogP contribution in [0.2, 0.25) is 0 Å². The van der Waals surface area contributed by atoms with E-state index in [4.69, 9.17) is 4.74 Å². The van der Waals surface area contributed by atoms with Crippen molar-refractivity contribution in [3.63, 3.8) is 0 Å². The van der Waals surface area contributed by atoms with E-state index in [2.05, 4.69) is 91.8 Å². The fraction of sp³-hybridized carbons (Fsp3) is 0.607. The average molecular weight is 574 g/mol. The normalized spacial score (nSPS) is 27.3. The minimum Gasteiger partial charge on any atom is -0.376 e. The Morgan fingerprint density at radius 1 is 1.03 bits per heavy atom. The number of hydrogen-bond donors (Lipinski definition) is 0. The van der Waals surface area contributed by atoms with Crippen LogP contribution in [-0.4, -0.2) is 70.7 Å². The molecule has 2 amide bonds. The zero-order valence-corrected chi connectivity index (χ0v) is 26.4. The molecule has 5 rings (SSSR count). The first-order valence-electron chi connectivity index (χ1n) is 13.7. The van der Waals surface area contributed by atoms with Crippen LogP contribution in [0.1, 0.15) is 63.3 Å². The molecule has 2 aromatic rings. The largest absolute Gasteiger partial charge is 0.376 e.